The molecular formula is C10H13O2S-. The highest BCUT2D eigenvalue weighted by molar-refractivity contribution is 7.83. The van der Waals surface area contributed by atoms with Gasteiger partial charge in [0, 0.05) is 4.91 Å². The van der Waals surface area contributed by atoms with Gasteiger partial charge in [-0.15, -0.1) is 0 Å². The third-order valence-electron chi connectivity index (χ3n) is 1.97. The Morgan fingerprint density at radius 3 is 2.85 bits per heavy atom. The Hall–Kier alpha value is -0.670. The summed E-state index contributed by atoms with van der Waals surface area (Å²) in [4.78, 5) is 0.373. The molecular weight excluding hydrogens is 184 g/mol. The van der Waals surface area contributed by atoms with Crippen LogP contribution in [0.25, 0.3) is 0 Å². The smallest absolute Gasteiger partial charge is 0.0248 e. The minimum atomic E-state index is -2.12. The van der Waals surface area contributed by atoms with Crippen LogP contribution < -0.4 is 0 Å². The van der Waals surface area contributed by atoms with Crippen LogP contribution in [-0.4, -0.2) is 8.76 Å². The summed E-state index contributed by atoms with van der Waals surface area (Å²) in [6.07, 6.45) is 8.23. The Kier molecular flexibility index (Phi) is 3.63. The molecule has 0 heterocycles. The molecule has 0 fully saturated rings. The lowest BCUT2D eigenvalue weighted by Gasteiger charge is -2.05. The van der Waals surface area contributed by atoms with Crippen molar-refractivity contribution < 1.29 is 8.76 Å². The van der Waals surface area contributed by atoms with Gasteiger partial charge in [0.05, 0.1) is 0 Å². The molecule has 0 aromatic carbocycles. The standard InChI is InChI=1S/C10H14O2S/c1-3-9-6-8(2)4-5-10(7-9)13(11)12/h4-8H,3H2,1-2H3,(H,11,12)/p-1. The molecule has 2 atom stereocenters. The summed E-state index contributed by atoms with van der Waals surface area (Å²) in [5.74, 6) is 0.312. The van der Waals surface area contributed by atoms with Gasteiger partial charge in [0.1, 0.15) is 0 Å². The molecule has 1 aliphatic carbocycles. The number of rotatable bonds is 2. The van der Waals surface area contributed by atoms with Crippen LogP contribution >= 0.6 is 0 Å². The molecule has 0 N–H and O–H groups in total. The van der Waals surface area contributed by atoms with Crippen molar-refractivity contribution in [1.82, 2.24) is 0 Å². The molecule has 72 valence electrons. The lowest BCUT2D eigenvalue weighted by molar-refractivity contribution is 0.544. The Morgan fingerprint density at radius 1 is 1.62 bits per heavy atom. The fourth-order valence-corrected chi connectivity index (χ4v) is 1.68. The number of hydrogen-bond donors (Lipinski definition) is 0. The minimum absolute atomic E-state index is 0.312. The summed E-state index contributed by atoms with van der Waals surface area (Å²) in [5.41, 5.74) is 1.08. The Bertz CT molecular complexity index is 300. The summed E-state index contributed by atoms with van der Waals surface area (Å²) in [5, 5.41) is 0. The van der Waals surface area contributed by atoms with Gasteiger partial charge in [-0.1, -0.05) is 37.6 Å². The van der Waals surface area contributed by atoms with E-state index in [4.69, 9.17) is 0 Å². The SMILES string of the molecule is CCC1=CC(C)C=CC(S(=O)[O-])=C1. The molecule has 0 amide bonds. The summed E-state index contributed by atoms with van der Waals surface area (Å²) in [7, 11) is 0. The molecule has 0 aromatic rings. The summed E-state index contributed by atoms with van der Waals surface area (Å²) in [6.45, 7) is 4.06. The van der Waals surface area contributed by atoms with Crippen LogP contribution in [0.4, 0.5) is 0 Å². The van der Waals surface area contributed by atoms with Crippen molar-refractivity contribution in [3.63, 3.8) is 0 Å². The second-order valence-corrected chi connectivity index (χ2v) is 4.04. The van der Waals surface area contributed by atoms with Crippen molar-refractivity contribution in [2.45, 2.75) is 20.3 Å². The van der Waals surface area contributed by atoms with Gasteiger partial charge in [0.15, 0.2) is 0 Å². The molecule has 1 rings (SSSR count). The van der Waals surface area contributed by atoms with E-state index in [1.54, 1.807) is 12.2 Å². The first kappa shape index (κ1) is 10.4. The predicted octanol–water partition coefficient (Wildman–Crippen LogP) is 2.29. The predicted molar refractivity (Wildman–Crippen MR) is 53.7 cm³/mol. The molecule has 3 heteroatoms. The highest BCUT2D eigenvalue weighted by Gasteiger charge is 2.02. The van der Waals surface area contributed by atoms with E-state index >= 15 is 0 Å². The molecule has 13 heavy (non-hydrogen) atoms. The first-order chi connectivity index (χ1) is 6.13. The second kappa shape index (κ2) is 4.53. The van der Waals surface area contributed by atoms with E-state index in [2.05, 4.69) is 6.08 Å². The molecule has 0 saturated carbocycles. The Labute approximate surface area is 81.3 Å². The van der Waals surface area contributed by atoms with E-state index in [9.17, 15) is 8.76 Å². The maximum atomic E-state index is 10.7. The lowest BCUT2D eigenvalue weighted by Crippen LogP contribution is -1.89. The van der Waals surface area contributed by atoms with E-state index in [0.717, 1.165) is 12.0 Å². The number of hydrogen-bond acceptors (Lipinski definition) is 2. The highest BCUT2D eigenvalue weighted by atomic mass is 32.2. The maximum Gasteiger partial charge on any atom is 0.0248 e. The van der Waals surface area contributed by atoms with Crippen LogP contribution in [0.3, 0.4) is 0 Å². The average Bonchev–Trinajstić information content (AvgIpc) is 2.26. The Balaban J connectivity index is 2.99. The highest BCUT2D eigenvalue weighted by Crippen LogP contribution is 2.18. The van der Waals surface area contributed by atoms with Gasteiger partial charge in [-0.25, -0.2) is 0 Å². The topological polar surface area (TPSA) is 40.1 Å². The molecule has 0 radical (unpaired) electrons. The fourth-order valence-electron chi connectivity index (χ4n) is 1.24. The summed E-state index contributed by atoms with van der Waals surface area (Å²) in [6, 6.07) is 0. The second-order valence-electron chi connectivity index (χ2n) is 3.09. The fraction of sp³-hybridized carbons (Fsp3) is 0.400. The summed E-state index contributed by atoms with van der Waals surface area (Å²) < 4.78 is 21.5. The largest absolute Gasteiger partial charge is 0.768 e. The van der Waals surface area contributed by atoms with Gasteiger partial charge >= 0.3 is 0 Å². The van der Waals surface area contributed by atoms with Crippen molar-refractivity contribution in [3.05, 3.63) is 34.8 Å². The van der Waals surface area contributed by atoms with Crippen molar-refractivity contribution in [2.24, 2.45) is 5.92 Å². The maximum absolute atomic E-state index is 10.7. The molecule has 0 aliphatic heterocycles. The first-order valence-corrected chi connectivity index (χ1v) is 5.41. The molecule has 0 saturated heterocycles. The molecule has 0 spiro atoms. The van der Waals surface area contributed by atoms with Gasteiger partial charge in [-0.05, 0) is 29.5 Å². The van der Waals surface area contributed by atoms with Crippen LogP contribution in [-0.2, 0) is 11.1 Å². The Morgan fingerprint density at radius 2 is 2.31 bits per heavy atom. The molecule has 1 aliphatic rings. The quantitative estimate of drug-likeness (QED) is 0.637. The lowest BCUT2D eigenvalue weighted by atomic mass is 10.1. The van der Waals surface area contributed by atoms with E-state index in [1.807, 2.05) is 19.9 Å². The monoisotopic (exact) mass is 197 g/mol. The van der Waals surface area contributed by atoms with Gasteiger partial charge in [0.2, 0.25) is 0 Å². The van der Waals surface area contributed by atoms with Gasteiger partial charge in [0.25, 0.3) is 0 Å². The van der Waals surface area contributed by atoms with Crippen molar-refractivity contribution in [3.8, 4) is 0 Å². The van der Waals surface area contributed by atoms with Crippen LogP contribution in [0.15, 0.2) is 34.8 Å². The molecule has 2 nitrogen and oxygen atoms in total. The molecule has 0 aromatic heterocycles. The first-order valence-electron chi connectivity index (χ1n) is 4.33. The normalized spacial score (nSPS) is 24.7. The van der Waals surface area contributed by atoms with E-state index in [1.165, 1.54) is 0 Å². The number of allylic oxidation sites excluding steroid dienone is 5. The van der Waals surface area contributed by atoms with E-state index < -0.39 is 11.1 Å². The third kappa shape index (κ3) is 2.94. The third-order valence-corrected chi connectivity index (χ3v) is 2.61. The van der Waals surface area contributed by atoms with E-state index in [0.29, 0.717) is 10.8 Å². The zero-order chi connectivity index (χ0) is 9.84. The van der Waals surface area contributed by atoms with Crippen molar-refractivity contribution in [1.29, 1.82) is 0 Å². The van der Waals surface area contributed by atoms with Gasteiger partial charge in [-0.2, -0.15) is 0 Å². The van der Waals surface area contributed by atoms with Crippen molar-refractivity contribution in [2.75, 3.05) is 0 Å². The average molecular weight is 197 g/mol. The van der Waals surface area contributed by atoms with E-state index in [-0.39, 0.29) is 0 Å². The van der Waals surface area contributed by atoms with Crippen molar-refractivity contribution >= 4 is 11.1 Å². The van der Waals surface area contributed by atoms with Crippen LogP contribution in [0.1, 0.15) is 20.3 Å². The van der Waals surface area contributed by atoms with Crippen LogP contribution in [0.2, 0.25) is 0 Å². The summed E-state index contributed by atoms with van der Waals surface area (Å²) >= 11 is -2.12. The van der Waals surface area contributed by atoms with Gasteiger partial charge in [-0.3, -0.25) is 4.21 Å². The van der Waals surface area contributed by atoms with Crippen LogP contribution in [0.5, 0.6) is 0 Å². The zero-order valence-corrected chi connectivity index (χ0v) is 8.64. The minimum Gasteiger partial charge on any atom is -0.768 e. The molecule has 0 bridgehead atoms. The molecule has 2 unspecified atom stereocenters. The van der Waals surface area contributed by atoms with Crippen LogP contribution in [0, 0.1) is 5.92 Å². The van der Waals surface area contributed by atoms with Gasteiger partial charge < -0.3 is 4.55 Å². The zero-order valence-electron chi connectivity index (χ0n) is 7.82.